The van der Waals surface area contributed by atoms with Gasteiger partial charge in [0.15, 0.2) is 4.87 Å². The molecule has 3 fully saturated rings. The fourth-order valence-corrected chi connectivity index (χ4v) is 10.7. The molecule has 0 unspecified atom stereocenters. The quantitative estimate of drug-likeness (QED) is 0.302. The van der Waals surface area contributed by atoms with E-state index >= 15 is 0 Å². The van der Waals surface area contributed by atoms with Gasteiger partial charge in [-0.3, -0.25) is 29.0 Å². The minimum atomic E-state index is -2.76. The number of carbonyl (C=O) groups is 4. The number of hydrogen-bond acceptors (Lipinski definition) is 10. The van der Waals surface area contributed by atoms with Gasteiger partial charge in [0.2, 0.25) is 0 Å². The third-order valence-corrected chi connectivity index (χ3v) is 13.2. The highest BCUT2D eigenvalue weighted by Gasteiger charge is 2.85. The van der Waals surface area contributed by atoms with Crippen LogP contribution in [-0.4, -0.2) is 121 Å². The molecule has 6 aliphatic heterocycles. The Morgan fingerprint density at radius 3 is 2.13 bits per heavy atom. The number of carbonyl (C=O) groups excluding carboxylic acids is 4. The van der Waals surface area contributed by atoms with Crippen LogP contribution in [0.5, 0.6) is 0 Å². The Kier molecular flexibility index (Phi) is 5.97. The zero-order valence-electron chi connectivity index (χ0n) is 26.5. The van der Waals surface area contributed by atoms with Crippen LogP contribution in [0.4, 0.5) is 11.4 Å². The summed E-state index contributed by atoms with van der Waals surface area (Å²) in [6.45, 7) is 3.07. The summed E-state index contributed by atoms with van der Waals surface area (Å²) >= 11 is 1.28. The second kappa shape index (κ2) is 9.28. The molecule has 0 bridgehead atoms. The molecule has 2 aromatic carbocycles. The fourth-order valence-electron chi connectivity index (χ4n) is 9.63. The van der Waals surface area contributed by atoms with E-state index in [9.17, 15) is 34.5 Å². The van der Waals surface area contributed by atoms with E-state index < -0.39 is 70.2 Å². The van der Waals surface area contributed by atoms with Gasteiger partial charge in [0.05, 0.1) is 17.4 Å². The summed E-state index contributed by atoms with van der Waals surface area (Å²) in [4.78, 5) is 61.3. The molecule has 0 saturated carbocycles. The van der Waals surface area contributed by atoms with Gasteiger partial charge in [-0.2, -0.15) is 0 Å². The molecule has 246 valence electrons. The van der Waals surface area contributed by atoms with E-state index in [1.807, 2.05) is 38.1 Å². The summed E-state index contributed by atoms with van der Waals surface area (Å²) in [5.74, 6) is -2.73. The lowest BCUT2D eigenvalue weighted by Gasteiger charge is -2.52. The highest BCUT2D eigenvalue weighted by molar-refractivity contribution is 8.00. The molecule has 47 heavy (non-hydrogen) atoms. The molecule has 4 amide bonds. The molecule has 2 aromatic rings. The number of nitrogens with zero attached hydrogens (tertiary/aromatic N) is 4. The number of rotatable bonds is 4. The van der Waals surface area contributed by atoms with Crippen LogP contribution in [0.2, 0.25) is 0 Å². The molecule has 6 heterocycles. The molecule has 14 heteroatoms. The molecular weight excluding hydrogens is 624 g/mol. The van der Waals surface area contributed by atoms with Crippen molar-refractivity contribution in [2.75, 3.05) is 37.6 Å². The molecule has 0 spiro atoms. The Labute approximate surface area is 275 Å². The van der Waals surface area contributed by atoms with Gasteiger partial charge >= 0.3 is 0 Å². The van der Waals surface area contributed by atoms with Crippen LogP contribution < -0.4 is 10.6 Å². The number of benzene rings is 2. The molecule has 3 saturated heterocycles. The van der Waals surface area contributed by atoms with Crippen molar-refractivity contribution in [3.05, 3.63) is 71.4 Å². The molecule has 0 aliphatic carbocycles. The number of amides is 4. The first-order valence-corrected chi connectivity index (χ1v) is 16.8. The Morgan fingerprint density at radius 1 is 0.915 bits per heavy atom. The van der Waals surface area contributed by atoms with Crippen molar-refractivity contribution in [2.45, 2.75) is 59.8 Å². The van der Waals surface area contributed by atoms with E-state index in [1.165, 1.54) is 28.6 Å². The predicted octanol–water partition coefficient (Wildman–Crippen LogP) is 0.00360. The number of piperazine rings is 2. The Hall–Kier alpha value is -4.11. The number of para-hydroxylation sites is 2. The van der Waals surface area contributed by atoms with Gasteiger partial charge in [0.25, 0.3) is 29.4 Å². The third kappa shape index (κ3) is 2.93. The number of hydrogen-bond donors (Lipinski definition) is 5. The van der Waals surface area contributed by atoms with Crippen LogP contribution in [0.1, 0.15) is 25.0 Å². The number of aliphatic hydroxyl groups is 3. The maximum absolute atomic E-state index is 14.9. The minimum absolute atomic E-state index is 0.0967. The predicted molar refractivity (Wildman–Crippen MR) is 171 cm³/mol. The third-order valence-electron chi connectivity index (χ3n) is 11.6. The van der Waals surface area contributed by atoms with E-state index in [-0.39, 0.29) is 17.5 Å². The summed E-state index contributed by atoms with van der Waals surface area (Å²) in [6.07, 6.45) is -0.728. The number of aliphatic hydroxyl groups excluding tert-OH is 2. The number of nitrogens with one attached hydrogen (secondary N) is 2. The van der Waals surface area contributed by atoms with E-state index in [0.29, 0.717) is 22.5 Å². The lowest BCUT2D eigenvalue weighted by atomic mass is 9.54. The minimum Gasteiger partial charge on any atom is -0.394 e. The van der Waals surface area contributed by atoms with Crippen molar-refractivity contribution in [3.8, 4) is 0 Å². The van der Waals surface area contributed by atoms with Crippen molar-refractivity contribution < 1.29 is 34.5 Å². The first kappa shape index (κ1) is 30.2. The standard InChI is InChI=1S/C33H36N6O7S/c1-16(2)33(47-5)29(45)38-21(23(41)37(33)4)14-30(17-10-6-8-12-19(17)34-26(30)38)31-18-11-7-9-13-20(18)35-27(31)39-24(42)22(15-40)36(3)28(44)32(39,46)25(31)43/h6-14,16,22,25-27,34-35,40,43,46H,15H2,1-5H3/t22-,25-,26+,27-,30-,31-,32-,33-/m0/s1. The average Bonchev–Trinajstić information content (AvgIpc) is 3.73. The molecule has 8 rings (SSSR count). The first-order chi connectivity index (χ1) is 22.3. The molecule has 8 atom stereocenters. The van der Waals surface area contributed by atoms with Crippen LogP contribution in [0.3, 0.4) is 0 Å². The summed E-state index contributed by atoms with van der Waals surface area (Å²) in [5.41, 5.74) is -3.62. The summed E-state index contributed by atoms with van der Waals surface area (Å²) in [6, 6.07) is 13.1. The number of likely N-dealkylation sites (N-methyl/N-ethyl adjacent to an activating group) is 2. The SMILES string of the molecule is CS[C@@]1(C(C)C)C(=O)N2C(=C[C@]3([C@]45c6ccccc6N[C@H]4N4C(=O)[C@H](CO)N(C)C(=O)[C@@]4(O)[C@H]5O)c4ccccc4N[C@H]23)C(=O)N1C. The smallest absolute Gasteiger partial charge is 0.279 e. The number of thioether (sulfide) groups is 1. The second-order valence-electron chi connectivity index (χ2n) is 13.5. The monoisotopic (exact) mass is 660 g/mol. The molecular formula is C33H36N6O7S. The van der Waals surface area contributed by atoms with Crippen LogP contribution in [0, 0.1) is 5.92 Å². The molecule has 0 radical (unpaired) electrons. The summed E-state index contributed by atoms with van der Waals surface area (Å²) < 4.78 is 0. The van der Waals surface area contributed by atoms with Crippen LogP contribution >= 0.6 is 11.8 Å². The second-order valence-corrected chi connectivity index (χ2v) is 14.5. The normalized spacial score (nSPS) is 38.1. The fraction of sp³-hybridized carbons (Fsp3) is 0.455. The van der Waals surface area contributed by atoms with Crippen LogP contribution in [0.25, 0.3) is 0 Å². The zero-order valence-corrected chi connectivity index (χ0v) is 27.3. The summed E-state index contributed by atoms with van der Waals surface area (Å²) in [5, 5.41) is 42.4. The topological polar surface area (TPSA) is 166 Å². The zero-order chi connectivity index (χ0) is 33.6. The maximum Gasteiger partial charge on any atom is 0.279 e. The highest BCUT2D eigenvalue weighted by Crippen LogP contribution is 2.69. The van der Waals surface area contributed by atoms with Gasteiger partial charge in [-0.1, -0.05) is 50.2 Å². The largest absolute Gasteiger partial charge is 0.394 e. The van der Waals surface area contributed by atoms with Gasteiger partial charge in [0.1, 0.15) is 30.2 Å². The highest BCUT2D eigenvalue weighted by atomic mass is 32.2. The van der Waals surface area contributed by atoms with Crippen LogP contribution in [0.15, 0.2) is 60.3 Å². The maximum atomic E-state index is 14.9. The van der Waals surface area contributed by atoms with E-state index in [4.69, 9.17) is 0 Å². The van der Waals surface area contributed by atoms with Gasteiger partial charge < -0.3 is 35.8 Å². The van der Waals surface area contributed by atoms with Crippen molar-refractivity contribution in [1.82, 2.24) is 19.6 Å². The van der Waals surface area contributed by atoms with Gasteiger partial charge in [-0.25, -0.2) is 0 Å². The number of anilines is 2. The van der Waals surface area contributed by atoms with Gasteiger partial charge in [-0.05, 0) is 41.5 Å². The molecule has 5 N–H and O–H groups in total. The molecule has 0 aromatic heterocycles. The van der Waals surface area contributed by atoms with Crippen LogP contribution in [-0.2, 0) is 30.0 Å². The van der Waals surface area contributed by atoms with Crippen molar-refractivity contribution in [1.29, 1.82) is 0 Å². The molecule has 13 nitrogen and oxygen atoms in total. The van der Waals surface area contributed by atoms with Crippen molar-refractivity contribution in [2.24, 2.45) is 5.92 Å². The lowest BCUT2D eigenvalue weighted by Crippen LogP contribution is -2.73. The first-order valence-electron chi connectivity index (χ1n) is 15.6. The van der Waals surface area contributed by atoms with E-state index in [2.05, 4.69) is 10.6 Å². The molecule has 6 aliphatic rings. The lowest BCUT2D eigenvalue weighted by molar-refractivity contribution is -0.209. The van der Waals surface area contributed by atoms with Crippen molar-refractivity contribution >= 4 is 46.8 Å². The Morgan fingerprint density at radius 2 is 1.51 bits per heavy atom. The average molecular weight is 661 g/mol. The number of fused-ring (bicyclic) bond motifs is 11. The van der Waals surface area contributed by atoms with E-state index in [0.717, 1.165) is 9.80 Å². The summed E-state index contributed by atoms with van der Waals surface area (Å²) in [7, 11) is 2.91. The Bertz CT molecular complexity index is 1840. The Balaban J connectivity index is 1.48. The van der Waals surface area contributed by atoms with E-state index in [1.54, 1.807) is 43.6 Å². The van der Waals surface area contributed by atoms with Gasteiger partial charge in [-0.15, -0.1) is 11.8 Å². The van der Waals surface area contributed by atoms with Crippen molar-refractivity contribution in [3.63, 3.8) is 0 Å². The van der Waals surface area contributed by atoms with Gasteiger partial charge in [0, 0.05) is 25.5 Å².